The summed E-state index contributed by atoms with van der Waals surface area (Å²) in [5.41, 5.74) is 11.6. The molecule has 1 nitrogen and oxygen atoms in total. The van der Waals surface area contributed by atoms with Crippen LogP contribution in [-0.2, 0) is 0 Å². The zero-order valence-corrected chi connectivity index (χ0v) is 27.8. The molecule has 3 heteroatoms. The average Bonchev–Trinajstić information content (AvgIpc) is 3.91. The van der Waals surface area contributed by atoms with Crippen molar-refractivity contribution < 1.29 is 0 Å². The average molecular weight is 656 g/mol. The van der Waals surface area contributed by atoms with Gasteiger partial charge < -0.3 is 4.57 Å². The minimum absolute atomic E-state index is 1.19. The van der Waals surface area contributed by atoms with Crippen molar-refractivity contribution in [3.63, 3.8) is 0 Å². The molecule has 3 aromatic heterocycles. The standard InChI is InChI=1S/C46H25NS2/c1-2-11-30-29(10-1)32-16-9-15-31-28(24-25-33(30)40(31)32)26-20-22-27(23-21-26)47-37-17-6-3-12-34(37)41-44(47)42-35-13-4-7-18-38(35)48-46(42)43-36-14-5-8-19-39(36)49-45(41)43/h1-25H. The zero-order chi connectivity index (χ0) is 31.8. The van der Waals surface area contributed by atoms with Crippen LogP contribution in [0.4, 0.5) is 0 Å². The summed E-state index contributed by atoms with van der Waals surface area (Å²) in [6.45, 7) is 0. The van der Waals surface area contributed by atoms with Crippen molar-refractivity contribution in [2.24, 2.45) is 0 Å². The lowest BCUT2D eigenvalue weighted by molar-refractivity contribution is 1.19. The van der Waals surface area contributed by atoms with E-state index in [1.165, 1.54) is 112 Å². The van der Waals surface area contributed by atoms with Crippen molar-refractivity contribution in [1.82, 2.24) is 4.57 Å². The van der Waals surface area contributed by atoms with Gasteiger partial charge in [0, 0.05) is 56.8 Å². The van der Waals surface area contributed by atoms with E-state index in [0.29, 0.717) is 0 Å². The topological polar surface area (TPSA) is 4.93 Å². The van der Waals surface area contributed by atoms with Crippen LogP contribution >= 0.6 is 22.7 Å². The molecule has 226 valence electrons. The number of thiophene rings is 2. The van der Waals surface area contributed by atoms with Crippen LogP contribution in [0.25, 0.3) is 112 Å². The molecule has 3 heterocycles. The molecule has 0 N–H and O–H groups in total. The maximum absolute atomic E-state index is 2.53. The number of hydrogen-bond donors (Lipinski definition) is 0. The Labute approximate surface area is 289 Å². The van der Waals surface area contributed by atoms with Gasteiger partial charge in [-0.05, 0) is 74.5 Å². The number of aromatic nitrogens is 1. The van der Waals surface area contributed by atoms with Gasteiger partial charge in [0.15, 0.2) is 0 Å². The highest BCUT2D eigenvalue weighted by Gasteiger charge is 2.25. The van der Waals surface area contributed by atoms with E-state index in [1.54, 1.807) is 0 Å². The molecule has 8 aromatic carbocycles. The zero-order valence-electron chi connectivity index (χ0n) is 26.2. The van der Waals surface area contributed by atoms with Crippen LogP contribution in [0.1, 0.15) is 0 Å². The second kappa shape index (κ2) is 9.45. The van der Waals surface area contributed by atoms with Gasteiger partial charge in [-0.25, -0.2) is 0 Å². The van der Waals surface area contributed by atoms with Crippen molar-refractivity contribution in [2.75, 3.05) is 0 Å². The van der Waals surface area contributed by atoms with Crippen LogP contribution in [0.5, 0.6) is 0 Å². The summed E-state index contributed by atoms with van der Waals surface area (Å²) in [5.74, 6) is 0. The van der Waals surface area contributed by atoms with Gasteiger partial charge in [-0.1, -0.05) is 121 Å². The van der Waals surface area contributed by atoms with Gasteiger partial charge in [-0.3, -0.25) is 0 Å². The number of rotatable bonds is 2. The van der Waals surface area contributed by atoms with E-state index in [1.807, 2.05) is 22.7 Å². The fourth-order valence-corrected chi connectivity index (χ4v) is 11.3. The van der Waals surface area contributed by atoms with E-state index in [4.69, 9.17) is 0 Å². The molecule has 0 radical (unpaired) electrons. The van der Waals surface area contributed by atoms with Crippen molar-refractivity contribution >= 4 is 95.6 Å². The van der Waals surface area contributed by atoms with Gasteiger partial charge in [-0.15, -0.1) is 22.7 Å². The molecule has 0 aliphatic heterocycles. The van der Waals surface area contributed by atoms with Crippen molar-refractivity contribution in [3.8, 4) is 39.1 Å². The first kappa shape index (κ1) is 26.2. The Morgan fingerprint density at radius 2 is 0.878 bits per heavy atom. The molecule has 1 aliphatic carbocycles. The van der Waals surface area contributed by atoms with E-state index in [0.717, 1.165) is 0 Å². The van der Waals surface area contributed by atoms with Gasteiger partial charge in [0.1, 0.15) is 0 Å². The van der Waals surface area contributed by atoms with Gasteiger partial charge in [0.25, 0.3) is 0 Å². The van der Waals surface area contributed by atoms with Crippen LogP contribution in [0.2, 0.25) is 0 Å². The Morgan fingerprint density at radius 3 is 1.61 bits per heavy atom. The van der Waals surface area contributed by atoms with Gasteiger partial charge in [0.2, 0.25) is 0 Å². The summed E-state index contributed by atoms with van der Waals surface area (Å²) in [6.07, 6.45) is 0. The molecule has 0 saturated carbocycles. The SMILES string of the molecule is c1ccc2c(c1)-c1cccc3c(-c4ccc(-n5c6ccccc6c6c7sc8ccccc8c7c7sc8ccccc8c7c65)cc4)ccc-2c13. The number of hydrogen-bond acceptors (Lipinski definition) is 2. The van der Waals surface area contributed by atoms with Crippen LogP contribution in [-0.4, -0.2) is 4.57 Å². The molecule has 0 spiro atoms. The van der Waals surface area contributed by atoms with Crippen LogP contribution in [0.15, 0.2) is 152 Å². The third-order valence-electron chi connectivity index (χ3n) is 10.7. The highest BCUT2D eigenvalue weighted by atomic mass is 32.1. The van der Waals surface area contributed by atoms with E-state index in [-0.39, 0.29) is 0 Å². The summed E-state index contributed by atoms with van der Waals surface area (Å²) in [4.78, 5) is 0. The lowest BCUT2D eigenvalue weighted by Gasteiger charge is -2.13. The smallest absolute Gasteiger partial charge is 0.0648 e. The molecule has 1 aliphatic rings. The lowest BCUT2D eigenvalue weighted by atomic mass is 9.94. The quantitative estimate of drug-likeness (QED) is 0.175. The molecule has 0 saturated heterocycles. The first-order valence-corrected chi connectivity index (χ1v) is 18.4. The minimum Gasteiger partial charge on any atom is -0.309 e. The number of nitrogens with zero attached hydrogens (tertiary/aromatic N) is 1. The summed E-state index contributed by atoms with van der Waals surface area (Å²) in [6, 6.07) is 56.4. The maximum atomic E-state index is 2.53. The first-order chi connectivity index (χ1) is 24.3. The second-order valence-corrected chi connectivity index (χ2v) is 15.3. The number of benzene rings is 8. The Bertz CT molecular complexity index is 3150. The number of para-hydroxylation sites is 1. The molecule has 49 heavy (non-hydrogen) atoms. The largest absolute Gasteiger partial charge is 0.309 e. The third kappa shape index (κ3) is 3.34. The fraction of sp³-hybridized carbons (Fsp3) is 0. The summed E-state index contributed by atoms with van der Waals surface area (Å²) in [7, 11) is 0. The Hall–Kier alpha value is -5.74. The molecule has 0 fully saturated rings. The summed E-state index contributed by atoms with van der Waals surface area (Å²) >= 11 is 3.87. The van der Waals surface area contributed by atoms with Gasteiger partial charge >= 0.3 is 0 Å². The molecule has 0 unspecified atom stereocenters. The monoisotopic (exact) mass is 655 g/mol. The number of fused-ring (bicyclic) bond motifs is 15. The Kier molecular flexibility index (Phi) is 5.06. The molecule has 12 rings (SSSR count). The van der Waals surface area contributed by atoms with Gasteiger partial charge in [-0.2, -0.15) is 0 Å². The molecule has 0 amide bonds. The molecule has 0 atom stereocenters. The summed E-state index contributed by atoms with van der Waals surface area (Å²) < 4.78 is 7.98. The predicted molar refractivity (Wildman–Crippen MR) is 214 cm³/mol. The van der Waals surface area contributed by atoms with E-state index in [2.05, 4.69) is 156 Å². The molecular formula is C46H25NS2. The van der Waals surface area contributed by atoms with E-state index in [9.17, 15) is 0 Å². The second-order valence-electron chi connectivity index (χ2n) is 13.2. The minimum atomic E-state index is 1.19. The van der Waals surface area contributed by atoms with Crippen LogP contribution < -0.4 is 0 Å². The van der Waals surface area contributed by atoms with Crippen LogP contribution in [0, 0.1) is 0 Å². The highest BCUT2D eigenvalue weighted by molar-refractivity contribution is 7.30. The highest BCUT2D eigenvalue weighted by Crippen LogP contribution is 2.53. The van der Waals surface area contributed by atoms with Crippen molar-refractivity contribution in [2.45, 2.75) is 0 Å². The summed E-state index contributed by atoms with van der Waals surface area (Å²) in [5, 5.41) is 10.8. The van der Waals surface area contributed by atoms with Crippen molar-refractivity contribution in [3.05, 3.63) is 152 Å². The van der Waals surface area contributed by atoms with E-state index >= 15 is 0 Å². The van der Waals surface area contributed by atoms with Gasteiger partial charge in [0.05, 0.1) is 11.0 Å². The van der Waals surface area contributed by atoms with Crippen molar-refractivity contribution in [1.29, 1.82) is 0 Å². The molecule has 11 aromatic rings. The normalized spacial score (nSPS) is 12.5. The fourth-order valence-electron chi connectivity index (χ4n) is 8.73. The molecular weight excluding hydrogens is 631 g/mol. The predicted octanol–water partition coefficient (Wildman–Crippen LogP) is 14.0. The Morgan fingerprint density at radius 1 is 0.347 bits per heavy atom. The van der Waals surface area contributed by atoms with E-state index < -0.39 is 0 Å². The maximum Gasteiger partial charge on any atom is 0.0648 e. The first-order valence-electron chi connectivity index (χ1n) is 16.8. The Balaban J connectivity index is 1.15. The third-order valence-corrected chi connectivity index (χ3v) is 13.1. The molecule has 0 bridgehead atoms. The van der Waals surface area contributed by atoms with Crippen LogP contribution in [0.3, 0.4) is 0 Å². The lowest BCUT2D eigenvalue weighted by Crippen LogP contribution is -1.94.